The monoisotopic (exact) mass is 237 g/mol. The van der Waals surface area contributed by atoms with Crippen molar-refractivity contribution in [2.24, 2.45) is 0 Å². The quantitative estimate of drug-likeness (QED) is 0.792. The minimum absolute atomic E-state index is 0.203. The fourth-order valence-corrected chi connectivity index (χ4v) is 1.60. The maximum absolute atomic E-state index is 11.0. The van der Waals surface area contributed by atoms with Gasteiger partial charge in [-0.1, -0.05) is 50.7 Å². The number of carbonyl (C=O) groups excluding carboxylic acids is 1. The fourth-order valence-electron chi connectivity index (χ4n) is 1.53. The molecule has 0 radical (unpaired) electrons. The molecule has 88 valence electrons. The first-order valence-corrected chi connectivity index (χ1v) is 6.02. The van der Waals surface area contributed by atoms with Crippen LogP contribution in [0, 0.1) is 0 Å². The Kier molecular flexibility index (Phi) is 4.87. The van der Waals surface area contributed by atoms with Gasteiger partial charge in [0, 0.05) is 13.6 Å². The van der Waals surface area contributed by atoms with Gasteiger partial charge in [0.1, 0.15) is 0 Å². The topological polar surface area (TPSA) is 20.3 Å². The van der Waals surface area contributed by atoms with E-state index >= 15 is 0 Å². The number of amides is 1. The van der Waals surface area contributed by atoms with E-state index in [-0.39, 0.29) is 5.24 Å². The molecule has 0 aromatic heterocycles. The molecule has 1 atom stereocenters. The Balaban J connectivity index is 2.68. The number of rotatable bonds is 4. The molecule has 0 saturated heterocycles. The summed E-state index contributed by atoms with van der Waals surface area (Å²) < 4.78 is 0. The van der Waals surface area contributed by atoms with Crippen LogP contribution in [0.1, 0.15) is 37.3 Å². The highest BCUT2D eigenvalue weighted by atomic mass is 32.1. The van der Waals surface area contributed by atoms with Crippen molar-refractivity contribution in [3.63, 3.8) is 0 Å². The van der Waals surface area contributed by atoms with E-state index in [9.17, 15) is 4.79 Å². The molecule has 0 aliphatic heterocycles. The van der Waals surface area contributed by atoms with E-state index < -0.39 is 0 Å². The van der Waals surface area contributed by atoms with Crippen LogP contribution < -0.4 is 0 Å². The molecule has 0 spiro atoms. The third kappa shape index (κ3) is 3.56. The summed E-state index contributed by atoms with van der Waals surface area (Å²) in [6.07, 6.45) is 1.15. The van der Waals surface area contributed by atoms with Crippen LogP contribution in [0.2, 0.25) is 0 Å². The molecule has 0 saturated carbocycles. The number of hydrogen-bond acceptors (Lipinski definition) is 1. The highest BCUT2D eigenvalue weighted by Gasteiger charge is 2.05. The summed E-state index contributed by atoms with van der Waals surface area (Å²) >= 11 is 3.78. The van der Waals surface area contributed by atoms with Crippen molar-refractivity contribution in [1.82, 2.24) is 4.90 Å². The Labute approximate surface area is 103 Å². The zero-order valence-electron chi connectivity index (χ0n) is 10.1. The molecule has 1 amide bonds. The van der Waals surface area contributed by atoms with Gasteiger partial charge >= 0.3 is 0 Å². The molecule has 0 bridgehead atoms. The number of hydrogen-bond donors (Lipinski definition) is 1. The van der Waals surface area contributed by atoms with Crippen molar-refractivity contribution < 1.29 is 4.79 Å². The summed E-state index contributed by atoms with van der Waals surface area (Å²) in [6, 6.07) is 8.43. The van der Waals surface area contributed by atoms with E-state index in [1.165, 1.54) is 5.56 Å². The Morgan fingerprint density at radius 2 is 1.94 bits per heavy atom. The maximum atomic E-state index is 11.0. The average Bonchev–Trinajstić information content (AvgIpc) is 2.28. The first kappa shape index (κ1) is 13.1. The van der Waals surface area contributed by atoms with E-state index in [1.807, 2.05) is 0 Å². The van der Waals surface area contributed by atoms with Crippen LogP contribution in [0.5, 0.6) is 0 Å². The van der Waals surface area contributed by atoms with Gasteiger partial charge in [0.15, 0.2) is 0 Å². The van der Waals surface area contributed by atoms with Crippen LogP contribution in [-0.2, 0) is 6.54 Å². The lowest BCUT2D eigenvalue weighted by Crippen LogP contribution is -2.20. The number of thiol groups is 1. The number of nitrogens with zero attached hydrogens (tertiary/aromatic N) is 1. The summed E-state index contributed by atoms with van der Waals surface area (Å²) in [7, 11) is 1.75. The Morgan fingerprint density at radius 3 is 2.38 bits per heavy atom. The van der Waals surface area contributed by atoms with Gasteiger partial charge in [-0.15, -0.1) is 0 Å². The standard InChI is InChI=1S/C13H19NOS/c1-4-10(2)12-7-5-11(6-8-12)9-14(3)13(15)16/h5-8,10H,4,9H2,1-3H3,(H,15,16). The first-order valence-electron chi connectivity index (χ1n) is 5.57. The van der Waals surface area contributed by atoms with Crippen LogP contribution in [0.15, 0.2) is 24.3 Å². The second-order valence-electron chi connectivity index (χ2n) is 4.19. The summed E-state index contributed by atoms with van der Waals surface area (Å²) in [5.41, 5.74) is 2.49. The molecule has 1 aromatic rings. The molecule has 0 aliphatic rings. The summed E-state index contributed by atoms with van der Waals surface area (Å²) in [6.45, 7) is 5.02. The highest BCUT2D eigenvalue weighted by molar-refractivity contribution is 7.96. The molecule has 0 aliphatic carbocycles. The Hall–Kier alpha value is -0.960. The first-order chi connectivity index (χ1) is 7.54. The molecule has 0 fully saturated rings. The lowest BCUT2D eigenvalue weighted by Gasteiger charge is -2.15. The third-order valence-electron chi connectivity index (χ3n) is 2.91. The normalized spacial score (nSPS) is 12.2. The fraction of sp³-hybridized carbons (Fsp3) is 0.462. The van der Waals surface area contributed by atoms with Crippen LogP contribution in [0.3, 0.4) is 0 Å². The molecule has 0 heterocycles. The second kappa shape index (κ2) is 5.94. The molecule has 2 nitrogen and oxygen atoms in total. The van der Waals surface area contributed by atoms with Crippen molar-refractivity contribution in [3.8, 4) is 0 Å². The lowest BCUT2D eigenvalue weighted by atomic mass is 9.98. The molecule has 3 heteroatoms. The van der Waals surface area contributed by atoms with Crippen LogP contribution >= 0.6 is 12.6 Å². The zero-order chi connectivity index (χ0) is 12.1. The van der Waals surface area contributed by atoms with Crippen molar-refractivity contribution >= 4 is 17.9 Å². The SMILES string of the molecule is CCC(C)c1ccc(CN(C)C(=O)S)cc1. The minimum Gasteiger partial charge on any atom is -0.333 e. The summed E-state index contributed by atoms with van der Waals surface area (Å²) in [5.74, 6) is 0.596. The molecule has 16 heavy (non-hydrogen) atoms. The van der Waals surface area contributed by atoms with Crippen LogP contribution in [0.25, 0.3) is 0 Å². The molecule has 1 rings (SSSR count). The van der Waals surface area contributed by atoms with E-state index in [0.29, 0.717) is 12.5 Å². The Bertz CT molecular complexity index is 347. The van der Waals surface area contributed by atoms with Gasteiger partial charge in [-0.05, 0) is 23.5 Å². The summed E-state index contributed by atoms with van der Waals surface area (Å²) in [5, 5.41) is -0.203. The zero-order valence-corrected chi connectivity index (χ0v) is 11.0. The predicted molar refractivity (Wildman–Crippen MR) is 71.0 cm³/mol. The van der Waals surface area contributed by atoms with Gasteiger partial charge in [0.2, 0.25) is 0 Å². The number of benzene rings is 1. The molecule has 1 unspecified atom stereocenters. The second-order valence-corrected chi connectivity index (χ2v) is 4.57. The van der Waals surface area contributed by atoms with E-state index in [4.69, 9.17) is 0 Å². The largest absolute Gasteiger partial charge is 0.333 e. The number of carbonyl (C=O) groups is 1. The maximum Gasteiger partial charge on any atom is 0.278 e. The molecule has 1 aromatic carbocycles. The van der Waals surface area contributed by atoms with E-state index in [0.717, 1.165) is 12.0 Å². The van der Waals surface area contributed by atoms with E-state index in [2.05, 4.69) is 50.7 Å². The molecule has 0 N–H and O–H groups in total. The van der Waals surface area contributed by atoms with Gasteiger partial charge in [-0.3, -0.25) is 4.79 Å². The predicted octanol–water partition coefficient (Wildman–Crippen LogP) is 3.68. The smallest absolute Gasteiger partial charge is 0.278 e. The van der Waals surface area contributed by atoms with Crippen molar-refractivity contribution in [2.45, 2.75) is 32.7 Å². The third-order valence-corrected chi connectivity index (χ3v) is 3.25. The van der Waals surface area contributed by atoms with Gasteiger partial charge in [0.05, 0.1) is 0 Å². The van der Waals surface area contributed by atoms with Crippen molar-refractivity contribution in [3.05, 3.63) is 35.4 Å². The van der Waals surface area contributed by atoms with Crippen LogP contribution in [-0.4, -0.2) is 17.2 Å². The minimum atomic E-state index is -0.203. The van der Waals surface area contributed by atoms with Gasteiger partial charge in [-0.2, -0.15) is 0 Å². The molecular formula is C13H19NOS. The van der Waals surface area contributed by atoms with Gasteiger partial charge in [-0.25, -0.2) is 0 Å². The van der Waals surface area contributed by atoms with E-state index in [1.54, 1.807) is 11.9 Å². The summed E-state index contributed by atoms with van der Waals surface area (Å²) in [4.78, 5) is 12.5. The van der Waals surface area contributed by atoms with Gasteiger partial charge < -0.3 is 4.90 Å². The van der Waals surface area contributed by atoms with Crippen LogP contribution in [0.4, 0.5) is 4.79 Å². The van der Waals surface area contributed by atoms with Gasteiger partial charge in [0.25, 0.3) is 5.24 Å². The highest BCUT2D eigenvalue weighted by Crippen LogP contribution is 2.19. The van der Waals surface area contributed by atoms with Crippen molar-refractivity contribution in [1.29, 1.82) is 0 Å². The lowest BCUT2D eigenvalue weighted by molar-refractivity contribution is 0.232. The van der Waals surface area contributed by atoms with Crippen molar-refractivity contribution in [2.75, 3.05) is 7.05 Å². The molecular weight excluding hydrogens is 218 g/mol. The average molecular weight is 237 g/mol. The Morgan fingerprint density at radius 1 is 1.38 bits per heavy atom.